The predicted octanol–water partition coefficient (Wildman–Crippen LogP) is 5.87. The molecule has 0 saturated carbocycles. The first-order valence-corrected chi connectivity index (χ1v) is 10.5. The fourth-order valence-electron chi connectivity index (χ4n) is 4.32. The van der Waals surface area contributed by atoms with Gasteiger partial charge in [0.25, 0.3) is 5.91 Å². The quantitative estimate of drug-likeness (QED) is 0.404. The van der Waals surface area contributed by atoms with Gasteiger partial charge in [-0.2, -0.15) is 5.10 Å². The van der Waals surface area contributed by atoms with Crippen LogP contribution in [0, 0.1) is 13.8 Å². The Morgan fingerprint density at radius 2 is 1.65 bits per heavy atom. The molecule has 0 aliphatic heterocycles. The van der Waals surface area contributed by atoms with Crippen molar-refractivity contribution in [3.8, 4) is 5.69 Å². The van der Waals surface area contributed by atoms with Crippen LogP contribution in [0.1, 0.15) is 28.7 Å². The lowest BCUT2D eigenvalue weighted by atomic mass is 10.1. The SMILES string of the molecule is CCn1c2ccccc2c2cc(NC(=O)c3ccc(-n4nc(C)cc4C)cc3)ccc21. The smallest absolute Gasteiger partial charge is 0.255 e. The van der Waals surface area contributed by atoms with Gasteiger partial charge in [0.05, 0.1) is 11.4 Å². The molecule has 2 aromatic heterocycles. The maximum absolute atomic E-state index is 12.9. The van der Waals surface area contributed by atoms with E-state index in [1.54, 1.807) is 0 Å². The summed E-state index contributed by atoms with van der Waals surface area (Å²) in [7, 11) is 0. The number of anilines is 1. The standard InChI is InChI=1S/C26H24N4O/c1-4-29-24-8-6-5-7-22(24)23-16-20(11-14-25(23)29)27-26(31)19-9-12-21(13-10-19)30-18(3)15-17(2)28-30/h5-16H,4H2,1-3H3,(H,27,31). The molecule has 0 bridgehead atoms. The van der Waals surface area contributed by atoms with Crippen LogP contribution in [0.5, 0.6) is 0 Å². The number of nitrogens with zero attached hydrogens (tertiary/aromatic N) is 3. The van der Waals surface area contributed by atoms with Crippen molar-refractivity contribution in [1.29, 1.82) is 0 Å². The Balaban J connectivity index is 1.44. The van der Waals surface area contributed by atoms with Gasteiger partial charge in [0, 0.05) is 45.3 Å². The van der Waals surface area contributed by atoms with Gasteiger partial charge in [-0.1, -0.05) is 18.2 Å². The van der Waals surface area contributed by atoms with Crippen LogP contribution in [0.2, 0.25) is 0 Å². The average Bonchev–Trinajstić information content (AvgIpc) is 3.29. The average molecular weight is 409 g/mol. The molecule has 5 heteroatoms. The van der Waals surface area contributed by atoms with Gasteiger partial charge in [0.15, 0.2) is 0 Å². The van der Waals surface area contributed by atoms with E-state index in [0.29, 0.717) is 5.56 Å². The molecule has 0 fully saturated rings. The van der Waals surface area contributed by atoms with Crippen LogP contribution in [0.3, 0.4) is 0 Å². The maximum atomic E-state index is 12.9. The summed E-state index contributed by atoms with van der Waals surface area (Å²) in [6, 6.07) is 24.1. The van der Waals surface area contributed by atoms with E-state index in [4.69, 9.17) is 0 Å². The van der Waals surface area contributed by atoms with Crippen LogP contribution in [-0.4, -0.2) is 20.3 Å². The van der Waals surface area contributed by atoms with Crippen LogP contribution in [0.4, 0.5) is 5.69 Å². The van der Waals surface area contributed by atoms with Gasteiger partial charge in [-0.25, -0.2) is 4.68 Å². The monoisotopic (exact) mass is 408 g/mol. The molecule has 0 aliphatic carbocycles. The van der Waals surface area contributed by atoms with E-state index in [0.717, 1.165) is 34.7 Å². The number of rotatable bonds is 4. The van der Waals surface area contributed by atoms with E-state index in [2.05, 4.69) is 58.3 Å². The predicted molar refractivity (Wildman–Crippen MR) is 126 cm³/mol. The first-order valence-electron chi connectivity index (χ1n) is 10.5. The summed E-state index contributed by atoms with van der Waals surface area (Å²) in [5.74, 6) is -0.126. The zero-order chi connectivity index (χ0) is 21.5. The van der Waals surface area contributed by atoms with Crippen molar-refractivity contribution >= 4 is 33.4 Å². The molecule has 0 saturated heterocycles. The molecule has 0 radical (unpaired) electrons. The third-order valence-electron chi connectivity index (χ3n) is 5.73. The molecular weight excluding hydrogens is 384 g/mol. The summed E-state index contributed by atoms with van der Waals surface area (Å²) < 4.78 is 4.18. The fraction of sp³-hybridized carbons (Fsp3) is 0.154. The highest BCUT2D eigenvalue weighted by Crippen LogP contribution is 2.31. The summed E-state index contributed by atoms with van der Waals surface area (Å²) >= 11 is 0. The Kier molecular flexibility index (Phi) is 4.59. The Morgan fingerprint density at radius 1 is 0.903 bits per heavy atom. The minimum absolute atomic E-state index is 0.126. The van der Waals surface area contributed by atoms with E-state index in [9.17, 15) is 4.79 Å². The van der Waals surface area contributed by atoms with Gasteiger partial charge in [0.2, 0.25) is 0 Å². The van der Waals surface area contributed by atoms with E-state index in [1.165, 1.54) is 16.4 Å². The van der Waals surface area contributed by atoms with Crippen molar-refractivity contribution in [2.24, 2.45) is 0 Å². The van der Waals surface area contributed by atoms with Crippen molar-refractivity contribution < 1.29 is 4.79 Å². The molecule has 1 amide bonds. The molecular formula is C26H24N4O. The lowest BCUT2D eigenvalue weighted by molar-refractivity contribution is 0.102. The number of fused-ring (bicyclic) bond motifs is 3. The Labute approximate surface area is 180 Å². The molecule has 5 rings (SSSR count). The molecule has 5 nitrogen and oxygen atoms in total. The first-order chi connectivity index (χ1) is 15.0. The fourth-order valence-corrected chi connectivity index (χ4v) is 4.32. The van der Waals surface area contributed by atoms with Crippen LogP contribution >= 0.6 is 0 Å². The molecule has 0 atom stereocenters. The van der Waals surface area contributed by atoms with Crippen molar-refractivity contribution in [3.63, 3.8) is 0 Å². The van der Waals surface area contributed by atoms with Gasteiger partial charge in [0.1, 0.15) is 0 Å². The highest BCUT2D eigenvalue weighted by molar-refractivity contribution is 6.11. The maximum Gasteiger partial charge on any atom is 0.255 e. The highest BCUT2D eigenvalue weighted by Gasteiger charge is 2.12. The zero-order valence-electron chi connectivity index (χ0n) is 17.9. The van der Waals surface area contributed by atoms with Crippen LogP contribution in [0.25, 0.3) is 27.5 Å². The number of hydrogen-bond donors (Lipinski definition) is 1. The summed E-state index contributed by atoms with van der Waals surface area (Å²) in [5, 5.41) is 9.89. The number of para-hydroxylation sites is 1. The lowest BCUT2D eigenvalue weighted by Crippen LogP contribution is -2.12. The highest BCUT2D eigenvalue weighted by atomic mass is 16.1. The molecule has 3 aromatic carbocycles. The van der Waals surface area contributed by atoms with Gasteiger partial charge < -0.3 is 9.88 Å². The lowest BCUT2D eigenvalue weighted by Gasteiger charge is -2.08. The Morgan fingerprint density at radius 3 is 2.35 bits per heavy atom. The van der Waals surface area contributed by atoms with Crippen molar-refractivity contribution in [3.05, 3.63) is 89.7 Å². The van der Waals surface area contributed by atoms with Crippen molar-refractivity contribution in [2.75, 3.05) is 5.32 Å². The van der Waals surface area contributed by atoms with Crippen molar-refractivity contribution in [1.82, 2.24) is 14.3 Å². The summed E-state index contributed by atoms with van der Waals surface area (Å²) in [6.45, 7) is 7.04. The number of hydrogen-bond acceptors (Lipinski definition) is 2. The van der Waals surface area contributed by atoms with E-state index in [1.807, 2.05) is 54.9 Å². The topological polar surface area (TPSA) is 51.9 Å². The number of carbonyl (C=O) groups is 1. The van der Waals surface area contributed by atoms with Crippen LogP contribution in [0.15, 0.2) is 72.8 Å². The number of nitrogens with one attached hydrogen (secondary N) is 1. The molecule has 5 aromatic rings. The summed E-state index contributed by atoms with van der Waals surface area (Å²) in [4.78, 5) is 12.9. The van der Waals surface area contributed by atoms with E-state index >= 15 is 0 Å². The van der Waals surface area contributed by atoms with Gasteiger partial charge in [-0.3, -0.25) is 4.79 Å². The number of amides is 1. The third kappa shape index (κ3) is 3.28. The van der Waals surface area contributed by atoms with E-state index in [-0.39, 0.29) is 5.91 Å². The second-order valence-electron chi connectivity index (χ2n) is 7.83. The third-order valence-corrected chi connectivity index (χ3v) is 5.73. The van der Waals surface area contributed by atoms with Gasteiger partial charge in [-0.05, 0) is 75.4 Å². The molecule has 154 valence electrons. The zero-order valence-corrected chi connectivity index (χ0v) is 17.9. The van der Waals surface area contributed by atoms with Crippen LogP contribution in [-0.2, 0) is 6.54 Å². The van der Waals surface area contributed by atoms with Gasteiger partial charge >= 0.3 is 0 Å². The molecule has 0 aliphatic rings. The minimum atomic E-state index is -0.126. The number of carbonyl (C=O) groups excluding carboxylic acids is 1. The number of aromatic nitrogens is 3. The molecule has 0 spiro atoms. The van der Waals surface area contributed by atoms with Crippen molar-refractivity contribution in [2.45, 2.75) is 27.3 Å². The van der Waals surface area contributed by atoms with Gasteiger partial charge in [-0.15, -0.1) is 0 Å². The number of aryl methyl sites for hydroxylation is 3. The first kappa shape index (κ1) is 19.1. The molecule has 1 N–H and O–H groups in total. The number of benzene rings is 3. The molecule has 0 unspecified atom stereocenters. The Bertz CT molecular complexity index is 1420. The molecule has 31 heavy (non-hydrogen) atoms. The molecule has 2 heterocycles. The summed E-state index contributed by atoms with van der Waals surface area (Å²) in [6.07, 6.45) is 0. The second kappa shape index (κ2) is 7.43. The Hall–Kier alpha value is -3.86. The second-order valence-corrected chi connectivity index (χ2v) is 7.83. The minimum Gasteiger partial charge on any atom is -0.341 e. The van der Waals surface area contributed by atoms with E-state index < -0.39 is 0 Å². The largest absolute Gasteiger partial charge is 0.341 e. The van der Waals surface area contributed by atoms with Crippen LogP contribution < -0.4 is 5.32 Å². The summed E-state index contributed by atoms with van der Waals surface area (Å²) in [5.41, 5.74) is 6.77. The normalized spacial score (nSPS) is 11.3.